The van der Waals surface area contributed by atoms with Crippen LogP contribution in [0.25, 0.3) is 0 Å². The lowest BCUT2D eigenvalue weighted by Gasteiger charge is -2.41. The van der Waals surface area contributed by atoms with Crippen molar-refractivity contribution in [2.45, 2.75) is 230 Å². The summed E-state index contributed by atoms with van der Waals surface area (Å²) in [5.74, 6) is -0.480. The summed E-state index contributed by atoms with van der Waals surface area (Å²) >= 11 is 0. The predicted molar refractivity (Wildman–Crippen MR) is 226 cm³/mol. The van der Waals surface area contributed by atoms with Gasteiger partial charge in [0.15, 0.2) is 0 Å². The number of carbonyl (C=O) groups excluding carboxylic acids is 1. The Morgan fingerprint density at radius 3 is 1.51 bits per heavy atom. The van der Waals surface area contributed by atoms with Gasteiger partial charge in [0, 0.05) is 13.0 Å². The normalized spacial score (nSPS) is 23.0. The molecular formula is C44H83O12P. The van der Waals surface area contributed by atoms with Crippen LogP contribution < -0.4 is 0 Å². The highest BCUT2D eigenvalue weighted by Gasteiger charge is 2.51. The van der Waals surface area contributed by atoms with E-state index in [2.05, 4.69) is 38.2 Å². The molecule has 1 aliphatic rings. The lowest BCUT2D eigenvalue weighted by Crippen LogP contribution is -2.64. The van der Waals surface area contributed by atoms with Gasteiger partial charge in [-0.05, 0) is 44.9 Å². The van der Waals surface area contributed by atoms with Crippen LogP contribution in [0.4, 0.5) is 0 Å². The fourth-order valence-electron chi connectivity index (χ4n) is 6.91. The first kappa shape index (κ1) is 53.8. The van der Waals surface area contributed by atoms with Crippen molar-refractivity contribution >= 4 is 13.8 Å². The van der Waals surface area contributed by atoms with Crippen molar-refractivity contribution < 1.29 is 58.3 Å². The highest BCUT2D eigenvalue weighted by molar-refractivity contribution is 7.47. The van der Waals surface area contributed by atoms with Gasteiger partial charge in [0.2, 0.25) is 0 Å². The van der Waals surface area contributed by atoms with Gasteiger partial charge in [-0.3, -0.25) is 13.8 Å². The summed E-state index contributed by atoms with van der Waals surface area (Å²) < 4.78 is 34.1. The Kier molecular flexibility index (Phi) is 33.6. The molecular weight excluding hydrogens is 751 g/mol. The molecule has 57 heavy (non-hydrogen) atoms. The molecule has 12 nitrogen and oxygen atoms in total. The maximum atomic E-state index is 12.8. The van der Waals surface area contributed by atoms with E-state index in [1.54, 1.807) is 0 Å². The largest absolute Gasteiger partial charge is 0.472 e. The maximum absolute atomic E-state index is 12.8. The quantitative estimate of drug-likeness (QED) is 0.0150. The van der Waals surface area contributed by atoms with E-state index in [-0.39, 0.29) is 13.0 Å². The molecule has 0 aromatic heterocycles. The van der Waals surface area contributed by atoms with Crippen molar-refractivity contribution in [3.05, 3.63) is 24.3 Å². The number of esters is 1. The third kappa shape index (κ3) is 28.1. The summed E-state index contributed by atoms with van der Waals surface area (Å²) in [6, 6.07) is 0. The monoisotopic (exact) mass is 835 g/mol. The smallest absolute Gasteiger partial charge is 0.457 e. The van der Waals surface area contributed by atoms with Crippen molar-refractivity contribution in [3.8, 4) is 0 Å². The number of aliphatic hydroxyl groups is 5. The van der Waals surface area contributed by atoms with Crippen molar-refractivity contribution in [3.63, 3.8) is 0 Å². The molecule has 1 aliphatic carbocycles. The molecule has 1 fully saturated rings. The molecule has 336 valence electrons. The lowest BCUT2D eigenvalue weighted by molar-refractivity contribution is -0.220. The number of hydrogen-bond acceptors (Lipinski definition) is 11. The molecule has 0 amide bonds. The third-order valence-electron chi connectivity index (χ3n) is 10.6. The lowest BCUT2D eigenvalue weighted by atomic mass is 9.85. The van der Waals surface area contributed by atoms with Crippen LogP contribution >= 0.6 is 7.82 Å². The first-order chi connectivity index (χ1) is 27.5. The minimum absolute atomic E-state index is 0.0754. The maximum Gasteiger partial charge on any atom is 0.472 e. The summed E-state index contributed by atoms with van der Waals surface area (Å²) in [5.41, 5.74) is 0. The first-order valence-corrected chi connectivity index (χ1v) is 24.2. The highest BCUT2D eigenvalue weighted by Crippen LogP contribution is 2.47. The fourth-order valence-corrected chi connectivity index (χ4v) is 7.89. The molecule has 0 aromatic rings. The molecule has 0 aromatic carbocycles. The number of ether oxygens (including phenoxy) is 2. The van der Waals surface area contributed by atoms with E-state index in [9.17, 15) is 39.8 Å². The van der Waals surface area contributed by atoms with Crippen molar-refractivity contribution in [1.82, 2.24) is 0 Å². The number of unbranched alkanes of at least 4 members (excludes halogenated alkanes) is 22. The topological polar surface area (TPSA) is 192 Å². The summed E-state index contributed by atoms with van der Waals surface area (Å²) in [6.45, 7) is 4.21. The molecule has 6 unspecified atom stereocenters. The fraction of sp³-hybridized carbons (Fsp3) is 0.886. The molecule has 6 atom stereocenters. The molecule has 0 aliphatic heterocycles. The summed E-state index contributed by atoms with van der Waals surface area (Å²) in [4.78, 5) is 23.1. The Hall–Kier alpha value is -1.18. The van der Waals surface area contributed by atoms with Gasteiger partial charge in [0.05, 0.1) is 13.2 Å². The van der Waals surface area contributed by atoms with Crippen molar-refractivity contribution in [2.24, 2.45) is 0 Å². The second kappa shape index (κ2) is 35.6. The van der Waals surface area contributed by atoms with Crippen LogP contribution in [0.5, 0.6) is 0 Å². The van der Waals surface area contributed by atoms with E-state index in [1.165, 1.54) is 116 Å². The van der Waals surface area contributed by atoms with Crippen LogP contribution in [0.1, 0.15) is 187 Å². The standard InChI is InChI=1S/C44H83O12P/c1-3-5-7-9-11-13-15-16-17-18-19-20-21-22-23-24-26-28-30-32-34-53-35-37(55-38(45)33-31-29-27-25-14-12-10-8-6-4-2)36-54-57(51,52)56-44-42(49)40(47)39(46)41(48)43(44)50/h11,13,16-17,37,39-44,46-50H,3-10,12,14-15,18-36H2,1-2H3,(H,51,52)/b13-11-,17-16-. The Morgan fingerprint density at radius 1 is 0.561 bits per heavy atom. The Bertz CT molecular complexity index is 1040. The van der Waals surface area contributed by atoms with Gasteiger partial charge in [-0.2, -0.15) is 0 Å². The minimum Gasteiger partial charge on any atom is -0.457 e. The number of aliphatic hydroxyl groups excluding tert-OH is 5. The van der Waals surface area contributed by atoms with Crippen LogP contribution in [0, 0.1) is 0 Å². The van der Waals surface area contributed by atoms with Gasteiger partial charge < -0.3 is 39.9 Å². The molecule has 0 spiro atoms. The van der Waals surface area contributed by atoms with Crippen LogP contribution in [-0.4, -0.2) is 98.9 Å². The van der Waals surface area contributed by atoms with Gasteiger partial charge in [-0.1, -0.05) is 160 Å². The molecule has 1 saturated carbocycles. The molecule has 0 radical (unpaired) electrons. The number of rotatable bonds is 38. The van der Waals surface area contributed by atoms with E-state index in [4.69, 9.17) is 18.5 Å². The molecule has 13 heteroatoms. The third-order valence-corrected chi connectivity index (χ3v) is 11.6. The van der Waals surface area contributed by atoms with E-state index >= 15 is 0 Å². The average molecular weight is 835 g/mol. The molecule has 0 heterocycles. The first-order valence-electron chi connectivity index (χ1n) is 22.7. The van der Waals surface area contributed by atoms with E-state index in [1.807, 2.05) is 0 Å². The van der Waals surface area contributed by atoms with Gasteiger partial charge in [0.1, 0.15) is 42.7 Å². The summed E-state index contributed by atoms with van der Waals surface area (Å²) in [6.07, 6.45) is 26.8. The molecule has 0 saturated heterocycles. The SMILES string of the molecule is CCCCC/C=C\C/C=C\CCCCCCCCCCCCOCC(COP(=O)(O)OC1C(O)C(O)C(O)C(O)C1O)OC(=O)CCCCCCCCCCCC. The zero-order valence-corrected chi connectivity index (χ0v) is 36.5. The summed E-state index contributed by atoms with van der Waals surface area (Å²) in [7, 11) is -5.01. The number of carbonyl (C=O) groups is 1. The highest BCUT2D eigenvalue weighted by atomic mass is 31.2. The van der Waals surface area contributed by atoms with Gasteiger partial charge >= 0.3 is 13.8 Å². The van der Waals surface area contributed by atoms with Gasteiger partial charge in [-0.15, -0.1) is 0 Å². The zero-order chi connectivity index (χ0) is 42.0. The second-order valence-electron chi connectivity index (χ2n) is 15.9. The van der Waals surface area contributed by atoms with E-state index < -0.39 is 63.1 Å². The van der Waals surface area contributed by atoms with Crippen molar-refractivity contribution in [1.29, 1.82) is 0 Å². The van der Waals surface area contributed by atoms with E-state index in [0.717, 1.165) is 44.9 Å². The Balaban J connectivity index is 2.35. The summed E-state index contributed by atoms with van der Waals surface area (Å²) in [5, 5.41) is 50.1. The number of phosphoric ester groups is 1. The number of hydrogen-bond donors (Lipinski definition) is 6. The van der Waals surface area contributed by atoms with Gasteiger partial charge in [-0.25, -0.2) is 4.57 Å². The number of allylic oxidation sites excluding steroid dienone is 4. The number of phosphoric acid groups is 1. The average Bonchev–Trinajstić information content (AvgIpc) is 3.19. The minimum atomic E-state index is -5.01. The predicted octanol–water partition coefficient (Wildman–Crippen LogP) is 8.92. The van der Waals surface area contributed by atoms with Crippen LogP contribution in [0.2, 0.25) is 0 Å². The molecule has 6 N–H and O–H groups in total. The molecule has 1 rings (SSSR count). The van der Waals surface area contributed by atoms with Crippen LogP contribution in [0.3, 0.4) is 0 Å². The van der Waals surface area contributed by atoms with Crippen LogP contribution in [0.15, 0.2) is 24.3 Å². The molecule has 0 bridgehead atoms. The van der Waals surface area contributed by atoms with Crippen LogP contribution in [-0.2, 0) is 27.9 Å². The second-order valence-corrected chi connectivity index (χ2v) is 17.3. The van der Waals surface area contributed by atoms with Crippen molar-refractivity contribution in [2.75, 3.05) is 19.8 Å². The van der Waals surface area contributed by atoms with E-state index in [0.29, 0.717) is 13.0 Å². The zero-order valence-electron chi connectivity index (χ0n) is 35.6. The van der Waals surface area contributed by atoms with Gasteiger partial charge in [0.25, 0.3) is 0 Å². The Morgan fingerprint density at radius 2 is 0.982 bits per heavy atom. The Labute approximate surface area is 345 Å².